The van der Waals surface area contributed by atoms with E-state index in [0.717, 1.165) is 30.7 Å². The fourth-order valence-electron chi connectivity index (χ4n) is 2.48. The van der Waals surface area contributed by atoms with Gasteiger partial charge < -0.3 is 15.0 Å². The average Bonchev–Trinajstić information content (AvgIpc) is 3.19. The van der Waals surface area contributed by atoms with Crippen molar-refractivity contribution >= 4 is 5.91 Å². The fourth-order valence-corrected chi connectivity index (χ4v) is 2.48. The summed E-state index contributed by atoms with van der Waals surface area (Å²) in [6, 6.07) is 7.85. The van der Waals surface area contributed by atoms with Crippen molar-refractivity contribution in [2.45, 2.75) is 19.4 Å². The molecule has 0 aliphatic heterocycles. The van der Waals surface area contributed by atoms with Gasteiger partial charge in [0.2, 0.25) is 5.91 Å². The molecule has 1 aromatic rings. The summed E-state index contributed by atoms with van der Waals surface area (Å²) in [6.07, 6.45) is 1.99. The highest BCUT2D eigenvalue weighted by Gasteiger charge is 2.50. The highest BCUT2D eigenvalue weighted by Crippen LogP contribution is 2.46. The SMILES string of the molecule is CNCC1(C(=O)N(C)Cc2cccc(OC)c2)CC1. The predicted octanol–water partition coefficient (Wildman–Crippen LogP) is 1.65. The van der Waals surface area contributed by atoms with Gasteiger partial charge in [0.05, 0.1) is 12.5 Å². The van der Waals surface area contributed by atoms with E-state index in [4.69, 9.17) is 4.74 Å². The van der Waals surface area contributed by atoms with Crippen LogP contribution in [0.4, 0.5) is 0 Å². The van der Waals surface area contributed by atoms with Gasteiger partial charge in [-0.15, -0.1) is 0 Å². The van der Waals surface area contributed by atoms with Gasteiger partial charge in [-0.05, 0) is 37.6 Å². The Morgan fingerprint density at radius 2 is 2.21 bits per heavy atom. The number of amides is 1. The molecule has 0 aromatic heterocycles. The standard InChI is InChI=1S/C15H22N2O2/c1-16-11-15(7-8-15)14(18)17(2)10-12-5-4-6-13(9-12)19-3/h4-6,9,16H,7-8,10-11H2,1-3H3. The summed E-state index contributed by atoms with van der Waals surface area (Å²) in [5.74, 6) is 1.07. The second-order valence-electron chi connectivity index (χ2n) is 5.32. The van der Waals surface area contributed by atoms with E-state index in [1.807, 2.05) is 43.3 Å². The van der Waals surface area contributed by atoms with Crippen LogP contribution in [-0.2, 0) is 11.3 Å². The number of nitrogens with zero attached hydrogens (tertiary/aromatic N) is 1. The maximum atomic E-state index is 12.4. The van der Waals surface area contributed by atoms with Gasteiger partial charge in [-0.1, -0.05) is 12.1 Å². The highest BCUT2D eigenvalue weighted by molar-refractivity contribution is 5.85. The number of carbonyl (C=O) groups excluding carboxylic acids is 1. The van der Waals surface area contributed by atoms with Crippen LogP contribution in [-0.4, -0.2) is 38.6 Å². The molecule has 1 saturated carbocycles. The van der Waals surface area contributed by atoms with Gasteiger partial charge in [-0.2, -0.15) is 0 Å². The molecule has 0 bridgehead atoms. The van der Waals surface area contributed by atoms with Gasteiger partial charge in [0, 0.05) is 20.1 Å². The summed E-state index contributed by atoms with van der Waals surface area (Å²) in [6.45, 7) is 1.40. The van der Waals surface area contributed by atoms with E-state index in [1.165, 1.54) is 0 Å². The Kier molecular flexibility index (Phi) is 4.10. The molecule has 1 aromatic carbocycles. The van der Waals surface area contributed by atoms with Crippen LogP contribution in [0.5, 0.6) is 5.75 Å². The highest BCUT2D eigenvalue weighted by atomic mass is 16.5. The lowest BCUT2D eigenvalue weighted by atomic mass is 10.1. The van der Waals surface area contributed by atoms with E-state index in [1.54, 1.807) is 7.11 Å². The van der Waals surface area contributed by atoms with E-state index in [-0.39, 0.29) is 11.3 Å². The van der Waals surface area contributed by atoms with Gasteiger partial charge in [-0.25, -0.2) is 0 Å². The molecule has 4 nitrogen and oxygen atoms in total. The first kappa shape index (κ1) is 13.9. The van der Waals surface area contributed by atoms with Crippen molar-refractivity contribution < 1.29 is 9.53 Å². The molecule has 19 heavy (non-hydrogen) atoms. The zero-order chi connectivity index (χ0) is 13.9. The Morgan fingerprint density at radius 1 is 1.47 bits per heavy atom. The van der Waals surface area contributed by atoms with E-state index >= 15 is 0 Å². The summed E-state index contributed by atoms with van der Waals surface area (Å²) in [5.41, 5.74) is 0.943. The quantitative estimate of drug-likeness (QED) is 0.847. The van der Waals surface area contributed by atoms with Crippen molar-refractivity contribution in [2.24, 2.45) is 5.41 Å². The molecule has 2 rings (SSSR count). The van der Waals surface area contributed by atoms with Crippen LogP contribution in [0.1, 0.15) is 18.4 Å². The van der Waals surface area contributed by atoms with E-state index in [2.05, 4.69) is 5.32 Å². The minimum atomic E-state index is -0.150. The molecular weight excluding hydrogens is 240 g/mol. The van der Waals surface area contributed by atoms with Crippen molar-refractivity contribution in [1.82, 2.24) is 10.2 Å². The van der Waals surface area contributed by atoms with Crippen molar-refractivity contribution in [2.75, 3.05) is 27.7 Å². The maximum Gasteiger partial charge on any atom is 0.230 e. The number of hydrogen-bond acceptors (Lipinski definition) is 3. The molecule has 0 unspecified atom stereocenters. The molecule has 104 valence electrons. The molecule has 0 spiro atoms. The number of rotatable bonds is 6. The fraction of sp³-hybridized carbons (Fsp3) is 0.533. The van der Waals surface area contributed by atoms with Crippen molar-refractivity contribution in [1.29, 1.82) is 0 Å². The summed E-state index contributed by atoms with van der Waals surface area (Å²) < 4.78 is 5.20. The van der Waals surface area contributed by atoms with Crippen LogP contribution >= 0.6 is 0 Å². The van der Waals surface area contributed by atoms with E-state index in [9.17, 15) is 4.79 Å². The molecule has 1 fully saturated rings. The minimum absolute atomic E-state index is 0.150. The Hall–Kier alpha value is -1.55. The number of carbonyl (C=O) groups is 1. The monoisotopic (exact) mass is 262 g/mol. The first-order chi connectivity index (χ1) is 9.11. The molecule has 4 heteroatoms. The average molecular weight is 262 g/mol. The molecule has 1 N–H and O–H groups in total. The smallest absolute Gasteiger partial charge is 0.230 e. The molecule has 0 saturated heterocycles. The van der Waals surface area contributed by atoms with Crippen LogP contribution in [0.15, 0.2) is 24.3 Å². The third kappa shape index (κ3) is 3.07. The third-order valence-electron chi connectivity index (χ3n) is 3.72. The Balaban J connectivity index is 2.00. The Morgan fingerprint density at radius 3 is 2.79 bits per heavy atom. The first-order valence-corrected chi connectivity index (χ1v) is 6.64. The molecule has 0 heterocycles. The van der Waals surface area contributed by atoms with Crippen LogP contribution < -0.4 is 10.1 Å². The van der Waals surface area contributed by atoms with Crippen LogP contribution in [0.25, 0.3) is 0 Å². The van der Waals surface area contributed by atoms with Gasteiger partial charge in [0.15, 0.2) is 0 Å². The molecular formula is C15H22N2O2. The molecule has 1 aliphatic carbocycles. The maximum absolute atomic E-state index is 12.4. The van der Waals surface area contributed by atoms with Gasteiger partial charge in [-0.3, -0.25) is 4.79 Å². The Bertz CT molecular complexity index is 455. The number of nitrogens with one attached hydrogen (secondary N) is 1. The number of benzene rings is 1. The largest absolute Gasteiger partial charge is 0.497 e. The normalized spacial score (nSPS) is 15.9. The van der Waals surface area contributed by atoms with Crippen LogP contribution in [0.2, 0.25) is 0 Å². The lowest BCUT2D eigenvalue weighted by Gasteiger charge is -2.23. The topological polar surface area (TPSA) is 41.6 Å². The zero-order valence-corrected chi connectivity index (χ0v) is 11.9. The van der Waals surface area contributed by atoms with Crippen LogP contribution in [0.3, 0.4) is 0 Å². The number of hydrogen-bond donors (Lipinski definition) is 1. The van der Waals surface area contributed by atoms with E-state index < -0.39 is 0 Å². The molecule has 0 radical (unpaired) electrons. The van der Waals surface area contributed by atoms with Gasteiger partial charge in [0.1, 0.15) is 5.75 Å². The van der Waals surface area contributed by atoms with E-state index in [0.29, 0.717) is 6.54 Å². The lowest BCUT2D eigenvalue weighted by Crippen LogP contribution is -2.38. The summed E-state index contributed by atoms with van der Waals surface area (Å²) >= 11 is 0. The zero-order valence-electron chi connectivity index (χ0n) is 11.9. The minimum Gasteiger partial charge on any atom is -0.497 e. The molecule has 1 aliphatic rings. The van der Waals surface area contributed by atoms with Crippen molar-refractivity contribution in [3.05, 3.63) is 29.8 Å². The van der Waals surface area contributed by atoms with Gasteiger partial charge in [0.25, 0.3) is 0 Å². The summed E-state index contributed by atoms with van der Waals surface area (Å²) in [7, 11) is 5.42. The predicted molar refractivity (Wildman–Crippen MR) is 75.1 cm³/mol. The Labute approximate surface area is 114 Å². The number of methoxy groups -OCH3 is 1. The van der Waals surface area contributed by atoms with Crippen molar-refractivity contribution in [3.8, 4) is 5.75 Å². The second kappa shape index (κ2) is 5.61. The summed E-state index contributed by atoms with van der Waals surface area (Å²) in [4.78, 5) is 14.2. The lowest BCUT2D eigenvalue weighted by molar-refractivity contribution is -0.136. The number of ether oxygens (including phenoxy) is 1. The second-order valence-corrected chi connectivity index (χ2v) is 5.32. The van der Waals surface area contributed by atoms with Crippen molar-refractivity contribution in [3.63, 3.8) is 0 Å². The first-order valence-electron chi connectivity index (χ1n) is 6.64. The summed E-state index contributed by atoms with van der Waals surface area (Å²) in [5, 5.41) is 3.12. The molecule has 0 atom stereocenters. The molecule has 1 amide bonds. The van der Waals surface area contributed by atoms with Crippen LogP contribution in [0, 0.1) is 5.41 Å². The third-order valence-corrected chi connectivity index (χ3v) is 3.72. The van der Waals surface area contributed by atoms with Gasteiger partial charge >= 0.3 is 0 Å².